The first-order chi connectivity index (χ1) is 15.0. The molecule has 0 saturated carbocycles. The lowest BCUT2D eigenvalue weighted by Gasteiger charge is -2.33. The highest BCUT2D eigenvalue weighted by atomic mass is 16.2. The molecule has 2 saturated heterocycles. The Morgan fingerprint density at radius 1 is 1.00 bits per heavy atom. The topological polar surface area (TPSA) is 90.5 Å². The van der Waals surface area contributed by atoms with Crippen molar-refractivity contribution in [3.63, 3.8) is 0 Å². The van der Waals surface area contributed by atoms with Crippen molar-refractivity contribution in [3.05, 3.63) is 35.4 Å². The Hall–Kier alpha value is -2.41. The fourth-order valence-corrected chi connectivity index (χ4v) is 5.35. The van der Waals surface area contributed by atoms with Crippen molar-refractivity contribution in [3.8, 4) is 0 Å². The molecule has 3 aliphatic rings. The minimum Gasteiger partial charge on any atom is -0.347 e. The van der Waals surface area contributed by atoms with Gasteiger partial charge >= 0.3 is 0 Å². The van der Waals surface area contributed by atoms with Crippen molar-refractivity contribution in [2.45, 2.75) is 88.5 Å². The quantitative estimate of drug-likeness (QED) is 0.670. The number of nitrogens with one attached hydrogen (secondary N) is 3. The second kappa shape index (κ2) is 9.39. The van der Waals surface area contributed by atoms with Crippen LogP contribution in [-0.4, -0.2) is 53.8 Å². The summed E-state index contributed by atoms with van der Waals surface area (Å²) in [4.78, 5) is 40.9. The zero-order valence-corrected chi connectivity index (χ0v) is 18.5. The van der Waals surface area contributed by atoms with Crippen LogP contribution in [0.5, 0.6) is 0 Å². The molecule has 1 aromatic rings. The number of rotatable bonds is 5. The van der Waals surface area contributed by atoms with Gasteiger partial charge in [0.25, 0.3) is 0 Å². The van der Waals surface area contributed by atoms with Crippen LogP contribution >= 0.6 is 0 Å². The van der Waals surface area contributed by atoms with Crippen molar-refractivity contribution in [2.75, 3.05) is 7.05 Å². The van der Waals surface area contributed by atoms with E-state index >= 15 is 0 Å². The summed E-state index contributed by atoms with van der Waals surface area (Å²) < 4.78 is 0. The molecule has 2 fully saturated rings. The SMILES string of the molecule is CN[C@@H](C)C(=O)NC1CCCC2CC[C@@H](C(=O)N[C@@H]3CCCc4ccccc43)N2C1=O. The summed E-state index contributed by atoms with van der Waals surface area (Å²) in [6.07, 6.45) is 6.93. The molecule has 1 aliphatic carbocycles. The van der Waals surface area contributed by atoms with Gasteiger partial charge in [0.1, 0.15) is 12.1 Å². The van der Waals surface area contributed by atoms with Crippen LogP contribution in [-0.2, 0) is 20.8 Å². The fraction of sp³-hybridized carbons (Fsp3) is 0.625. The second-order valence-corrected chi connectivity index (χ2v) is 9.15. The predicted molar refractivity (Wildman–Crippen MR) is 118 cm³/mol. The van der Waals surface area contributed by atoms with Crippen molar-refractivity contribution in [1.29, 1.82) is 0 Å². The summed E-state index contributed by atoms with van der Waals surface area (Å²) >= 11 is 0. The van der Waals surface area contributed by atoms with Crippen LogP contribution in [0.2, 0.25) is 0 Å². The van der Waals surface area contributed by atoms with Crippen LogP contribution < -0.4 is 16.0 Å². The van der Waals surface area contributed by atoms with Crippen molar-refractivity contribution in [1.82, 2.24) is 20.9 Å². The van der Waals surface area contributed by atoms with E-state index in [1.54, 1.807) is 18.9 Å². The van der Waals surface area contributed by atoms with Crippen LogP contribution in [0.25, 0.3) is 0 Å². The van der Waals surface area contributed by atoms with E-state index in [1.165, 1.54) is 11.1 Å². The minimum absolute atomic E-state index is 0.00515. The van der Waals surface area contributed by atoms with E-state index in [0.29, 0.717) is 12.8 Å². The molecule has 3 N–H and O–H groups in total. The lowest BCUT2D eigenvalue weighted by molar-refractivity contribution is -0.143. The number of likely N-dealkylation sites (N-methyl/N-ethyl adjacent to an activating group) is 1. The highest BCUT2D eigenvalue weighted by molar-refractivity contribution is 5.94. The molecule has 5 atom stereocenters. The van der Waals surface area contributed by atoms with Crippen LogP contribution in [0, 0.1) is 0 Å². The molecule has 0 bridgehead atoms. The maximum Gasteiger partial charge on any atom is 0.246 e. The van der Waals surface area contributed by atoms with Gasteiger partial charge in [-0.3, -0.25) is 14.4 Å². The van der Waals surface area contributed by atoms with E-state index < -0.39 is 12.1 Å². The van der Waals surface area contributed by atoms with Gasteiger partial charge in [0.05, 0.1) is 12.1 Å². The van der Waals surface area contributed by atoms with Crippen LogP contribution in [0.1, 0.15) is 69.0 Å². The van der Waals surface area contributed by atoms with Gasteiger partial charge in [-0.05, 0) is 76.5 Å². The third kappa shape index (κ3) is 4.47. The maximum atomic E-state index is 13.4. The van der Waals surface area contributed by atoms with Gasteiger partial charge in [-0.1, -0.05) is 24.3 Å². The van der Waals surface area contributed by atoms with Crippen LogP contribution in [0.15, 0.2) is 24.3 Å². The van der Waals surface area contributed by atoms with Crippen LogP contribution in [0.4, 0.5) is 0 Å². The largest absolute Gasteiger partial charge is 0.347 e. The molecule has 7 heteroatoms. The molecule has 0 aromatic heterocycles. The highest BCUT2D eigenvalue weighted by Crippen LogP contribution is 2.34. The zero-order valence-electron chi connectivity index (χ0n) is 18.5. The Bertz CT molecular complexity index is 842. The molecule has 4 rings (SSSR count). The molecule has 2 unspecified atom stereocenters. The second-order valence-electron chi connectivity index (χ2n) is 9.15. The Morgan fingerprint density at radius 3 is 2.58 bits per heavy atom. The van der Waals surface area contributed by atoms with Gasteiger partial charge in [-0.2, -0.15) is 0 Å². The van der Waals surface area contributed by atoms with Crippen molar-refractivity contribution in [2.24, 2.45) is 0 Å². The number of amides is 3. The number of carbonyl (C=O) groups excluding carboxylic acids is 3. The summed E-state index contributed by atoms with van der Waals surface area (Å²) in [5.74, 6) is -0.354. The van der Waals surface area contributed by atoms with E-state index in [2.05, 4.69) is 28.1 Å². The van der Waals surface area contributed by atoms with Gasteiger partial charge in [0.15, 0.2) is 0 Å². The first-order valence-electron chi connectivity index (χ1n) is 11.7. The van der Waals surface area contributed by atoms with E-state index in [0.717, 1.165) is 38.5 Å². The van der Waals surface area contributed by atoms with E-state index in [-0.39, 0.29) is 35.8 Å². The number of hydrogen-bond acceptors (Lipinski definition) is 4. The molecular formula is C24H34N4O3. The van der Waals surface area contributed by atoms with E-state index in [9.17, 15) is 14.4 Å². The van der Waals surface area contributed by atoms with Gasteiger partial charge in [-0.15, -0.1) is 0 Å². The van der Waals surface area contributed by atoms with E-state index in [1.807, 2.05) is 12.1 Å². The fourth-order valence-electron chi connectivity index (χ4n) is 5.35. The number of hydrogen-bond donors (Lipinski definition) is 3. The van der Waals surface area contributed by atoms with Gasteiger partial charge in [0.2, 0.25) is 17.7 Å². The molecule has 2 heterocycles. The lowest BCUT2D eigenvalue weighted by atomic mass is 9.87. The maximum absolute atomic E-state index is 13.4. The lowest BCUT2D eigenvalue weighted by Crippen LogP contribution is -2.56. The molecular weight excluding hydrogens is 392 g/mol. The van der Waals surface area contributed by atoms with Gasteiger partial charge in [-0.25, -0.2) is 0 Å². The average molecular weight is 427 g/mol. The molecule has 2 aliphatic heterocycles. The summed E-state index contributed by atoms with van der Waals surface area (Å²) in [7, 11) is 1.72. The van der Waals surface area contributed by atoms with E-state index in [4.69, 9.17) is 0 Å². The zero-order chi connectivity index (χ0) is 22.0. The van der Waals surface area contributed by atoms with Crippen molar-refractivity contribution >= 4 is 17.7 Å². The number of carbonyl (C=O) groups is 3. The Kier molecular flexibility index (Phi) is 6.60. The number of aryl methyl sites for hydroxylation is 1. The Labute approximate surface area is 184 Å². The summed E-state index contributed by atoms with van der Waals surface area (Å²) in [6, 6.07) is 7.02. The normalized spacial score (nSPS) is 28.8. The molecule has 0 spiro atoms. The standard InChI is InChI=1S/C24H34N4O3/c1-15(25-2)22(29)27-20-12-6-9-17-13-14-21(28(17)24(20)31)23(30)26-19-11-5-8-16-7-3-4-10-18(16)19/h3-4,7,10,15,17,19-21,25H,5-6,8-9,11-14H2,1-2H3,(H,26,30)(H,27,29)/t15-,17?,19+,20?,21-/m0/s1. The highest BCUT2D eigenvalue weighted by Gasteiger charge is 2.45. The summed E-state index contributed by atoms with van der Waals surface area (Å²) in [5, 5.41) is 9.06. The molecule has 3 amide bonds. The molecule has 1 aromatic carbocycles. The first-order valence-corrected chi connectivity index (χ1v) is 11.7. The molecule has 0 radical (unpaired) electrons. The number of fused-ring (bicyclic) bond motifs is 2. The smallest absolute Gasteiger partial charge is 0.246 e. The first kappa shape index (κ1) is 21.8. The van der Waals surface area contributed by atoms with Gasteiger partial charge < -0.3 is 20.9 Å². The van der Waals surface area contributed by atoms with Crippen LogP contribution in [0.3, 0.4) is 0 Å². The summed E-state index contributed by atoms with van der Waals surface area (Å²) in [6.45, 7) is 1.77. The summed E-state index contributed by atoms with van der Waals surface area (Å²) in [5.41, 5.74) is 2.50. The average Bonchev–Trinajstić information content (AvgIpc) is 3.15. The Balaban J connectivity index is 1.47. The Morgan fingerprint density at radius 2 is 1.77 bits per heavy atom. The number of benzene rings is 1. The van der Waals surface area contributed by atoms with Gasteiger partial charge in [0, 0.05) is 6.04 Å². The minimum atomic E-state index is -0.558. The molecule has 31 heavy (non-hydrogen) atoms. The number of nitrogens with zero attached hydrogens (tertiary/aromatic N) is 1. The monoisotopic (exact) mass is 426 g/mol. The molecule has 168 valence electrons. The third-order valence-electron chi connectivity index (χ3n) is 7.22. The molecule has 7 nitrogen and oxygen atoms in total. The third-order valence-corrected chi connectivity index (χ3v) is 7.22. The predicted octanol–water partition coefficient (Wildman–Crippen LogP) is 1.82. The van der Waals surface area contributed by atoms with Crippen molar-refractivity contribution < 1.29 is 14.4 Å².